The van der Waals surface area contributed by atoms with E-state index < -0.39 is 28.0 Å². The van der Waals surface area contributed by atoms with E-state index in [0.717, 1.165) is 11.1 Å². The Kier molecular flexibility index (Phi) is 8.20. The number of esters is 1. The molecule has 0 radical (unpaired) electrons. The molecule has 0 fully saturated rings. The Morgan fingerprint density at radius 3 is 2.15 bits per heavy atom. The zero-order chi connectivity index (χ0) is 24.7. The second-order valence-corrected chi connectivity index (χ2v) is 9.62. The normalized spacial score (nSPS) is 13.0. The zero-order valence-electron chi connectivity index (χ0n) is 19.3. The summed E-state index contributed by atoms with van der Waals surface area (Å²) in [6.07, 6.45) is -0.411. The van der Waals surface area contributed by atoms with Crippen molar-refractivity contribution in [1.29, 1.82) is 0 Å². The van der Waals surface area contributed by atoms with Gasteiger partial charge in [0.2, 0.25) is 10.0 Å². The number of nitrogens with one attached hydrogen (secondary N) is 2. The van der Waals surface area contributed by atoms with Crippen LogP contribution in [0.3, 0.4) is 0 Å². The molecular weight excluding hydrogens is 452 g/mol. The van der Waals surface area contributed by atoms with E-state index in [1.165, 1.54) is 31.2 Å². The molecule has 0 aliphatic carbocycles. The Labute approximate surface area is 200 Å². The van der Waals surface area contributed by atoms with Crippen molar-refractivity contribution in [1.82, 2.24) is 4.72 Å². The lowest BCUT2D eigenvalue weighted by Crippen LogP contribution is -2.32. The molecule has 3 rings (SSSR count). The van der Waals surface area contributed by atoms with Crippen molar-refractivity contribution in [3.05, 3.63) is 84.4 Å². The summed E-state index contributed by atoms with van der Waals surface area (Å²) >= 11 is 0. The maximum absolute atomic E-state index is 12.7. The molecule has 0 aromatic heterocycles. The van der Waals surface area contributed by atoms with Gasteiger partial charge in [0, 0.05) is 17.3 Å². The third-order valence-electron chi connectivity index (χ3n) is 5.29. The molecule has 0 bridgehead atoms. The van der Waals surface area contributed by atoms with Gasteiger partial charge in [-0.3, -0.25) is 4.79 Å². The van der Waals surface area contributed by atoms with Gasteiger partial charge in [-0.05, 0) is 56.2 Å². The minimum absolute atomic E-state index is 0.0488. The number of carbonyl (C=O) groups is 2. The fourth-order valence-corrected chi connectivity index (χ4v) is 4.49. The maximum Gasteiger partial charge on any atom is 0.338 e. The van der Waals surface area contributed by atoms with Gasteiger partial charge in [0.1, 0.15) is 0 Å². The van der Waals surface area contributed by atoms with Crippen LogP contribution in [0, 0.1) is 0 Å². The first-order valence-corrected chi connectivity index (χ1v) is 12.5. The number of ether oxygens (including phenoxy) is 1. The molecule has 178 valence electrons. The van der Waals surface area contributed by atoms with Crippen molar-refractivity contribution < 1.29 is 22.7 Å². The van der Waals surface area contributed by atoms with E-state index in [2.05, 4.69) is 10.0 Å². The number of para-hydroxylation sites is 1. The molecule has 0 aliphatic heterocycles. The second kappa shape index (κ2) is 11.1. The first-order chi connectivity index (χ1) is 16.2. The van der Waals surface area contributed by atoms with Gasteiger partial charge in [0.15, 0.2) is 6.10 Å². The second-order valence-electron chi connectivity index (χ2n) is 7.90. The van der Waals surface area contributed by atoms with E-state index in [1.807, 2.05) is 55.5 Å². The smallest absolute Gasteiger partial charge is 0.338 e. The van der Waals surface area contributed by atoms with Crippen LogP contribution in [0.2, 0.25) is 0 Å². The van der Waals surface area contributed by atoms with Crippen LogP contribution in [0.25, 0.3) is 11.1 Å². The molecule has 0 spiro atoms. The van der Waals surface area contributed by atoms with Crippen LogP contribution in [0.4, 0.5) is 5.69 Å². The monoisotopic (exact) mass is 480 g/mol. The molecule has 2 unspecified atom stereocenters. The number of amides is 1. The first kappa shape index (κ1) is 25.1. The molecule has 2 N–H and O–H groups in total. The molecule has 3 aromatic rings. The molecule has 0 saturated heterocycles. The highest BCUT2D eigenvalue weighted by Crippen LogP contribution is 2.27. The van der Waals surface area contributed by atoms with Crippen LogP contribution >= 0.6 is 0 Å². The molecule has 0 saturated carbocycles. The standard InChI is InChI=1S/C26H28N2O5S/c1-4-18(2)28-34(31,32)22-16-14-21(15-17-22)26(30)33-19(3)25(29)27-24-13-9-8-12-23(24)20-10-6-5-7-11-20/h5-19,28H,4H2,1-3H3,(H,27,29). The van der Waals surface area contributed by atoms with Gasteiger partial charge in [-0.25, -0.2) is 17.9 Å². The summed E-state index contributed by atoms with van der Waals surface area (Å²) in [5, 5.41) is 2.81. The van der Waals surface area contributed by atoms with Crippen LogP contribution < -0.4 is 10.0 Å². The highest BCUT2D eigenvalue weighted by molar-refractivity contribution is 7.89. The van der Waals surface area contributed by atoms with E-state index in [0.29, 0.717) is 12.1 Å². The van der Waals surface area contributed by atoms with E-state index in [1.54, 1.807) is 13.0 Å². The molecule has 34 heavy (non-hydrogen) atoms. The summed E-state index contributed by atoms with van der Waals surface area (Å²) in [4.78, 5) is 25.3. The van der Waals surface area contributed by atoms with Crippen LogP contribution in [0.1, 0.15) is 37.6 Å². The fourth-order valence-electron chi connectivity index (χ4n) is 3.16. The van der Waals surface area contributed by atoms with E-state index in [-0.39, 0.29) is 16.5 Å². The van der Waals surface area contributed by atoms with Gasteiger partial charge >= 0.3 is 5.97 Å². The van der Waals surface area contributed by atoms with Crippen molar-refractivity contribution in [3.63, 3.8) is 0 Å². The number of hydrogen-bond donors (Lipinski definition) is 2. The Bertz CT molecular complexity index is 1240. The third kappa shape index (κ3) is 6.30. The Morgan fingerprint density at radius 1 is 0.882 bits per heavy atom. The molecular formula is C26H28N2O5S. The minimum Gasteiger partial charge on any atom is -0.449 e. The van der Waals surface area contributed by atoms with Gasteiger partial charge in [0.25, 0.3) is 5.91 Å². The van der Waals surface area contributed by atoms with Crippen LogP contribution in [-0.4, -0.2) is 32.4 Å². The Hall–Kier alpha value is -3.49. The van der Waals surface area contributed by atoms with Gasteiger partial charge in [-0.2, -0.15) is 0 Å². The lowest BCUT2D eigenvalue weighted by Gasteiger charge is -2.16. The highest BCUT2D eigenvalue weighted by atomic mass is 32.2. The van der Waals surface area contributed by atoms with Crippen LogP contribution in [0.15, 0.2) is 83.8 Å². The first-order valence-electron chi connectivity index (χ1n) is 11.0. The molecule has 3 aromatic carbocycles. The van der Waals surface area contributed by atoms with Crippen LogP contribution in [0.5, 0.6) is 0 Å². The van der Waals surface area contributed by atoms with Gasteiger partial charge in [-0.15, -0.1) is 0 Å². The summed E-state index contributed by atoms with van der Waals surface area (Å²) in [6, 6.07) is 22.2. The van der Waals surface area contributed by atoms with E-state index in [4.69, 9.17) is 4.74 Å². The third-order valence-corrected chi connectivity index (χ3v) is 6.90. The average molecular weight is 481 g/mol. The maximum atomic E-state index is 12.7. The van der Waals surface area contributed by atoms with Crippen molar-refractivity contribution >= 4 is 27.6 Å². The summed E-state index contributed by atoms with van der Waals surface area (Å²) in [5.74, 6) is -1.20. The van der Waals surface area contributed by atoms with Gasteiger partial charge < -0.3 is 10.1 Å². The average Bonchev–Trinajstić information content (AvgIpc) is 2.84. The van der Waals surface area contributed by atoms with E-state index >= 15 is 0 Å². The van der Waals surface area contributed by atoms with Crippen molar-refractivity contribution in [2.75, 3.05) is 5.32 Å². The summed E-state index contributed by atoms with van der Waals surface area (Å²) < 4.78 is 32.6. The number of carbonyl (C=O) groups excluding carboxylic acids is 2. The Morgan fingerprint density at radius 2 is 1.50 bits per heavy atom. The van der Waals surface area contributed by atoms with Crippen molar-refractivity contribution in [3.8, 4) is 11.1 Å². The quantitative estimate of drug-likeness (QED) is 0.436. The fraction of sp³-hybridized carbons (Fsp3) is 0.231. The van der Waals surface area contributed by atoms with Crippen molar-refractivity contribution in [2.24, 2.45) is 0 Å². The lowest BCUT2D eigenvalue weighted by molar-refractivity contribution is -0.123. The topological polar surface area (TPSA) is 102 Å². The minimum atomic E-state index is -3.68. The predicted molar refractivity (Wildman–Crippen MR) is 132 cm³/mol. The van der Waals surface area contributed by atoms with Gasteiger partial charge in [0.05, 0.1) is 10.5 Å². The predicted octanol–water partition coefficient (Wildman–Crippen LogP) is 4.61. The number of sulfonamides is 1. The number of rotatable bonds is 9. The molecule has 0 aliphatic rings. The highest BCUT2D eigenvalue weighted by Gasteiger charge is 2.21. The summed E-state index contributed by atoms with van der Waals surface area (Å²) in [6.45, 7) is 5.13. The summed E-state index contributed by atoms with van der Waals surface area (Å²) in [7, 11) is -3.68. The Balaban J connectivity index is 1.66. The number of hydrogen-bond acceptors (Lipinski definition) is 5. The van der Waals surface area contributed by atoms with Crippen molar-refractivity contribution in [2.45, 2.75) is 44.2 Å². The largest absolute Gasteiger partial charge is 0.449 e. The molecule has 2 atom stereocenters. The SMILES string of the molecule is CCC(C)NS(=O)(=O)c1ccc(C(=O)OC(C)C(=O)Nc2ccccc2-c2ccccc2)cc1. The number of anilines is 1. The van der Waals surface area contributed by atoms with Crippen LogP contribution in [-0.2, 0) is 19.6 Å². The molecule has 0 heterocycles. The lowest BCUT2D eigenvalue weighted by atomic mass is 10.0. The molecule has 1 amide bonds. The molecule has 8 heteroatoms. The van der Waals surface area contributed by atoms with Gasteiger partial charge in [-0.1, -0.05) is 55.5 Å². The van der Waals surface area contributed by atoms with E-state index in [9.17, 15) is 18.0 Å². The summed E-state index contributed by atoms with van der Waals surface area (Å²) in [5.41, 5.74) is 2.54. The number of benzene rings is 3. The zero-order valence-corrected chi connectivity index (χ0v) is 20.1. The molecule has 7 nitrogen and oxygen atoms in total.